The molecular weight excluding hydrogens is 193 g/mol. The SMILES string of the molecule is CC1(C)CC=C(B(O)O)CC1.NCCO. The van der Waals surface area contributed by atoms with Crippen molar-refractivity contribution in [3.8, 4) is 0 Å². The van der Waals surface area contributed by atoms with Crippen LogP contribution in [0.15, 0.2) is 11.5 Å². The summed E-state index contributed by atoms with van der Waals surface area (Å²) in [6.45, 7) is 4.87. The van der Waals surface area contributed by atoms with E-state index in [-0.39, 0.29) is 6.61 Å². The minimum absolute atomic E-state index is 0.0972. The van der Waals surface area contributed by atoms with Crippen LogP contribution >= 0.6 is 0 Å². The van der Waals surface area contributed by atoms with E-state index in [9.17, 15) is 0 Å². The summed E-state index contributed by atoms with van der Waals surface area (Å²) in [4.78, 5) is 0. The zero-order valence-electron chi connectivity index (χ0n) is 9.61. The second-order valence-corrected chi connectivity index (χ2v) is 4.53. The molecule has 0 fully saturated rings. The summed E-state index contributed by atoms with van der Waals surface area (Å²) in [5.74, 6) is 0. The molecule has 4 nitrogen and oxygen atoms in total. The summed E-state index contributed by atoms with van der Waals surface area (Å²) in [5.41, 5.74) is 5.91. The first-order valence-corrected chi connectivity index (χ1v) is 5.29. The second kappa shape index (κ2) is 7.01. The molecule has 0 aromatic rings. The van der Waals surface area contributed by atoms with E-state index in [0.29, 0.717) is 12.0 Å². The fourth-order valence-corrected chi connectivity index (χ4v) is 1.33. The highest BCUT2D eigenvalue weighted by atomic mass is 16.4. The molecule has 0 saturated carbocycles. The Labute approximate surface area is 91.9 Å². The van der Waals surface area contributed by atoms with Crippen molar-refractivity contribution < 1.29 is 15.2 Å². The molecule has 0 aromatic carbocycles. The van der Waals surface area contributed by atoms with Crippen molar-refractivity contribution in [3.63, 3.8) is 0 Å². The lowest BCUT2D eigenvalue weighted by Crippen LogP contribution is -2.22. The van der Waals surface area contributed by atoms with Crippen molar-refractivity contribution in [2.45, 2.75) is 33.1 Å². The molecule has 0 radical (unpaired) electrons. The molecular formula is C10H22BNO3. The second-order valence-electron chi connectivity index (χ2n) is 4.53. The quantitative estimate of drug-likeness (QED) is 0.491. The maximum Gasteiger partial charge on any atom is 0.483 e. The van der Waals surface area contributed by atoms with Gasteiger partial charge in [0.25, 0.3) is 0 Å². The Hall–Kier alpha value is -0.355. The van der Waals surface area contributed by atoms with Crippen LogP contribution in [0, 0.1) is 5.41 Å². The Morgan fingerprint density at radius 3 is 2.27 bits per heavy atom. The van der Waals surface area contributed by atoms with Crippen molar-refractivity contribution in [1.82, 2.24) is 0 Å². The molecule has 1 rings (SSSR count). The summed E-state index contributed by atoms with van der Waals surface area (Å²) in [6, 6.07) is 0. The molecule has 0 atom stereocenters. The van der Waals surface area contributed by atoms with Gasteiger partial charge >= 0.3 is 7.12 Å². The number of hydrogen-bond acceptors (Lipinski definition) is 4. The van der Waals surface area contributed by atoms with E-state index in [2.05, 4.69) is 13.8 Å². The maximum absolute atomic E-state index is 8.83. The Balaban J connectivity index is 0.000000423. The van der Waals surface area contributed by atoms with Gasteiger partial charge in [0.2, 0.25) is 0 Å². The lowest BCUT2D eigenvalue weighted by Gasteiger charge is -2.28. The van der Waals surface area contributed by atoms with Crippen molar-refractivity contribution in [2.24, 2.45) is 11.1 Å². The molecule has 0 saturated heterocycles. The van der Waals surface area contributed by atoms with E-state index in [1.807, 2.05) is 6.08 Å². The number of nitrogens with two attached hydrogens (primary N) is 1. The van der Waals surface area contributed by atoms with Crippen LogP contribution in [0.3, 0.4) is 0 Å². The minimum atomic E-state index is -1.23. The number of rotatable bonds is 2. The average Bonchev–Trinajstić information content (AvgIpc) is 2.17. The van der Waals surface area contributed by atoms with E-state index in [4.69, 9.17) is 20.9 Å². The van der Waals surface area contributed by atoms with Crippen LogP contribution in [0.2, 0.25) is 0 Å². The first-order chi connectivity index (χ1) is 6.93. The van der Waals surface area contributed by atoms with Crippen molar-refractivity contribution in [3.05, 3.63) is 11.5 Å². The third-order valence-electron chi connectivity index (χ3n) is 2.47. The van der Waals surface area contributed by atoms with Crippen LogP contribution in [0.5, 0.6) is 0 Å². The third kappa shape index (κ3) is 6.68. The van der Waals surface area contributed by atoms with E-state index in [1.165, 1.54) is 0 Å². The molecule has 0 unspecified atom stereocenters. The number of hydrogen-bond donors (Lipinski definition) is 4. The van der Waals surface area contributed by atoms with Gasteiger partial charge in [-0.2, -0.15) is 0 Å². The zero-order chi connectivity index (χ0) is 11.9. The van der Waals surface area contributed by atoms with Gasteiger partial charge < -0.3 is 20.9 Å². The highest BCUT2D eigenvalue weighted by Crippen LogP contribution is 2.34. The molecule has 1 aliphatic rings. The summed E-state index contributed by atoms with van der Waals surface area (Å²) < 4.78 is 0. The largest absolute Gasteiger partial charge is 0.483 e. The van der Waals surface area contributed by atoms with Crippen LogP contribution in [0.25, 0.3) is 0 Å². The monoisotopic (exact) mass is 215 g/mol. The van der Waals surface area contributed by atoms with Gasteiger partial charge in [-0.1, -0.05) is 19.9 Å². The Morgan fingerprint density at radius 1 is 1.47 bits per heavy atom. The van der Waals surface area contributed by atoms with Gasteiger partial charge in [-0.25, -0.2) is 0 Å². The van der Waals surface area contributed by atoms with Gasteiger partial charge in [0.1, 0.15) is 0 Å². The van der Waals surface area contributed by atoms with Crippen LogP contribution in [0.4, 0.5) is 0 Å². The van der Waals surface area contributed by atoms with Gasteiger partial charge in [0.05, 0.1) is 6.61 Å². The van der Waals surface area contributed by atoms with E-state index in [0.717, 1.165) is 24.7 Å². The normalized spacial score (nSPS) is 18.7. The van der Waals surface area contributed by atoms with Gasteiger partial charge in [0.15, 0.2) is 0 Å². The molecule has 0 aliphatic heterocycles. The third-order valence-corrected chi connectivity index (χ3v) is 2.47. The zero-order valence-corrected chi connectivity index (χ0v) is 9.61. The van der Waals surface area contributed by atoms with Gasteiger partial charge in [-0.15, -0.1) is 0 Å². The van der Waals surface area contributed by atoms with Crippen molar-refractivity contribution >= 4 is 7.12 Å². The van der Waals surface area contributed by atoms with Crippen molar-refractivity contribution in [2.75, 3.05) is 13.2 Å². The van der Waals surface area contributed by atoms with Crippen LogP contribution < -0.4 is 5.73 Å². The number of aliphatic hydroxyl groups excluding tert-OH is 1. The summed E-state index contributed by atoms with van der Waals surface area (Å²) >= 11 is 0. The molecule has 0 bridgehead atoms. The predicted octanol–water partition coefficient (Wildman–Crippen LogP) is 0.0723. The first kappa shape index (κ1) is 14.6. The molecule has 5 heteroatoms. The van der Waals surface area contributed by atoms with E-state index < -0.39 is 7.12 Å². The molecule has 15 heavy (non-hydrogen) atoms. The topological polar surface area (TPSA) is 86.7 Å². The summed E-state index contributed by atoms with van der Waals surface area (Å²) in [5, 5.41) is 25.4. The molecule has 0 heterocycles. The predicted molar refractivity (Wildman–Crippen MR) is 62.0 cm³/mol. The molecule has 0 aromatic heterocycles. The van der Waals surface area contributed by atoms with Gasteiger partial charge in [-0.3, -0.25) is 0 Å². The van der Waals surface area contributed by atoms with Crippen LogP contribution in [0.1, 0.15) is 33.1 Å². The Morgan fingerprint density at radius 2 is 2.00 bits per heavy atom. The van der Waals surface area contributed by atoms with Crippen LogP contribution in [-0.2, 0) is 0 Å². The Kier molecular flexibility index (Phi) is 6.84. The fourth-order valence-electron chi connectivity index (χ4n) is 1.33. The summed E-state index contributed by atoms with van der Waals surface area (Å²) in [6.07, 6.45) is 4.79. The molecule has 0 spiro atoms. The summed E-state index contributed by atoms with van der Waals surface area (Å²) in [7, 11) is -1.23. The lowest BCUT2D eigenvalue weighted by molar-refractivity contribution is 0.306. The van der Waals surface area contributed by atoms with E-state index in [1.54, 1.807) is 0 Å². The molecule has 5 N–H and O–H groups in total. The smallest absolute Gasteiger partial charge is 0.423 e. The standard InChI is InChI=1S/C8H15BO2.C2H7NO/c1-8(2)5-3-7(4-6-8)9(10)11;3-1-2-4/h3,10-11H,4-6H2,1-2H3;4H,1-3H2. The Bertz CT molecular complexity index is 203. The minimum Gasteiger partial charge on any atom is -0.423 e. The number of allylic oxidation sites excluding steroid dienone is 2. The van der Waals surface area contributed by atoms with E-state index >= 15 is 0 Å². The highest BCUT2D eigenvalue weighted by molar-refractivity contribution is 6.50. The van der Waals surface area contributed by atoms with Crippen LogP contribution in [-0.4, -0.2) is 35.4 Å². The molecule has 0 amide bonds. The van der Waals surface area contributed by atoms with Gasteiger partial charge in [0, 0.05) is 6.54 Å². The average molecular weight is 215 g/mol. The first-order valence-electron chi connectivity index (χ1n) is 5.29. The lowest BCUT2D eigenvalue weighted by atomic mass is 9.67. The number of aliphatic hydroxyl groups is 1. The maximum atomic E-state index is 8.83. The highest BCUT2D eigenvalue weighted by Gasteiger charge is 2.25. The molecule has 88 valence electrons. The fraction of sp³-hybridized carbons (Fsp3) is 0.800. The molecule has 1 aliphatic carbocycles. The van der Waals surface area contributed by atoms with Gasteiger partial charge in [-0.05, 0) is 30.1 Å². The van der Waals surface area contributed by atoms with Crippen molar-refractivity contribution in [1.29, 1.82) is 0 Å².